The number of hydrogen-bond donors (Lipinski definition) is 1. The van der Waals surface area contributed by atoms with E-state index in [9.17, 15) is 14.4 Å². The fourth-order valence-corrected chi connectivity index (χ4v) is 6.80. The number of piperazine rings is 1. The van der Waals surface area contributed by atoms with Crippen LogP contribution < -0.4 is 9.62 Å². The molecule has 1 aliphatic heterocycles. The number of amides is 2. The van der Waals surface area contributed by atoms with E-state index in [-0.39, 0.29) is 6.03 Å². The van der Waals surface area contributed by atoms with Crippen LogP contribution in [-0.2, 0) is 5.41 Å². The van der Waals surface area contributed by atoms with Gasteiger partial charge in [0.25, 0.3) is 0 Å². The number of halogens is 2. The molecule has 0 unspecified atom stereocenters. The molecule has 2 amide bonds. The maximum Gasteiger partial charge on any atom is 0.319 e. The first-order valence-corrected chi connectivity index (χ1v) is 14.5. The van der Waals surface area contributed by atoms with E-state index in [2.05, 4.69) is 30.9 Å². The van der Waals surface area contributed by atoms with Crippen molar-refractivity contribution in [1.29, 1.82) is 5.26 Å². The number of rotatable bonds is 7. The lowest BCUT2D eigenvalue weighted by Gasteiger charge is -2.37. The third-order valence-corrected chi connectivity index (χ3v) is 9.79. The zero-order valence-corrected chi connectivity index (χ0v) is 23.5. The molecule has 4 heterocycles. The van der Waals surface area contributed by atoms with Gasteiger partial charge in [0.2, 0.25) is 0 Å². The van der Waals surface area contributed by atoms with Crippen molar-refractivity contribution in [3.63, 3.8) is 0 Å². The van der Waals surface area contributed by atoms with Gasteiger partial charge in [-0.1, -0.05) is 22.9 Å². The van der Waals surface area contributed by atoms with E-state index in [0.29, 0.717) is 47.2 Å². The Labute approximate surface area is 232 Å². The summed E-state index contributed by atoms with van der Waals surface area (Å²) >= 11 is 9.52. The molecule has 0 spiro atoms. The van der Waals surface area contributed by atoms with Crippen LogP contribution >= 0.6 is 34.9 Å². The van der Waals surface area contributed by atoms with Gasteiger partial charge in [-0.05, 0) is 43.7 Å². The molecule has 1 N–H and O–H groups in total. The molecule has 2 saturated carbocycles. The van der Waals surface area contributed by atoms with Crippen molar-refractivity contribution < 1.29 is 9.18 Å². The Morgan fingerprint density at radius 2 is 2.00 bits per heavy atom. The molecule has 14 heteroatoms. The second-order valence-electron chi connectivity index (χ2n) is 10.4. The molecule has 200 valence electrons. The standard InChI is InChI=1S/C24H27ClFN9OS2/c1-32(2)22(36)34-9-7-33(8-10-34)16-11-15(38-31-24(13-26)5-6-24)12-35-17(16)18(25)28-19(35)20-29-30-21(37-20)23(14-27)3-4-23/h11-12,31H,3-10,13H2,1-2H3. The number of nitrogens with one attached hydrogen (secondary N) is 1. The summed E-state index contributed by atoms with van der Waals surface area (Å²) in [6.07, 6.45) is 5.13. The van der Waals surface area contributed by atoms with Crippen LogP contribution in [0.15, 0.2) is 17.2 Å². The van der Waals surface area contributed by atoms with E-state index in [1.54, 1.807) is 19.0 Å². The Kier molecular flexibility index (Phi) is 6.41. The largest absolute Gasteiger partial charge is 0.366 e. The summed E-state index contributed by atoms with van der Waals surface area (Å²) in [7, 11) is 3.51. The van der Waals surface area contributed by atoms with Crippen LogP contribution in [0.4, 0.5) is 14.9 Å². The first-order chi connectivity index (χ1) is 18.3. The quantitative estimate of drug-likeness (QED) is 0.422. The van der Waals surface area contributed by atoms with Crippen LogP contribution in [0.25, 0.3) is 16.3 Å². The lowest BCUT2D eigenvalue weighted by Crippen LogP contribution is -2.51. The van der Waals surface area contributed by atoms with Crippen molar-refractivity contribution in [3.8, 4) is 16.9 Å². The highest BCUT2D eigenvalue weighted by Crippen LogP contribution is 2.49. The minimum atomic E-state index is -0.530. The van der Waals surface area contributed by atoms with Gasteiger partial charge in [-0.2, -0.15) is 5.26 Å². The Morgan fingerprint density at radius 3 is 2.61 bits per heavy atom. The number of hydrogen-bond acceptors (Lipinski definition) is 9. The van der Waals surface area contributed by atoms with E-state index in [0.717, 1.165) is 41.8 Å². The number of urea groups is 1. The fraction of sp³-hybridized carbons (Fsp3) is 0.542. The van der Waals surface area contributed by atoms with E-state index in [1.165, 1.54) is 23.3 Å². The highest BCUT2D eigenvalue weighted by molar-refractivity contribution is 7.97. The normalized spacial score (nSPS) is 19.4. The van der Waals surface area contributed by atoms with Gasteiger partial charge in [0.15, 0.2) is 16.0 Å². The fourth-order valence-electron chi connectivity index (χ4n) is 4.58. The third-order valence-electron chi connectivity index (χ3n) is 7.40. The Hall–Kier alpha value is -2.66. The zero-order chi connectivity index (χ0) is 26.7. The van der Waals surface area contributed by atoms with E-state index in [1.807, 2.05) is 21.6 Å². The molecule has 3 fully saturated rings. The van der Waals surface area contributed by atoms with Crippen molar-refractivity contribution >= 4 is 52.1 Å². The number of fused-ring (bicyclic) bond motifs is 1. The summed E-state index contributed by atoms with van der Waals surface area (Å²) in [4.78, 5) is 23.6. The maximum atomic E-state index is 13.6. The van der Waals surface area contributed by atoms with Crippen LogP contribution in [0, 0.1) is 11.3 Å². The van der Waals surface area contributed by atoms with Gasteiger partial charge in [-0.25, -0.2) is 14.2 Å². The average molecular weight is 576 g/mol. The molecule has 3 aliphatic rings. The smallest absolute Gasteiger partial charge is 0.319 e. The Balaban J connectivity index is 1.37. The predicted octanol–water partition coefficient (Wildman–Crippen LogP) is 3.96. The monoisotopic (exact) mass is 575 g/mol. The number of nitriles is 1. The van der Waals surface area contributed by atoms with Crippen LogP contribution in [0.3, 0.4) is 0 Å². The zero-order valence-electron chi connectivity index (χ0n) is 21.1. The van der Waals surface area contributed by atoms with Gasteiger partial charge in [0.1, 0.15) is 22.6 Å². The van der Waals surface area contributed by atoms with Crippen molar-refractivity contribution in [2.45, 2.75) is 41.5 Å². The van der Waals surface area contributed by atoms with Crippen LogP contribution in [0.5, 0.6) is 0 Å². The molecule has 0 radical (unpaired) electrons. The summed E-state index contributed by atoms with van der Waals surface area (Å²) in [5.41, 5.74) is 0.640. The van der Waals surface area contributed by atoms with Gasteiger partial charge in [-0.3, -0.25) is 9.12 Å². The van der Waals surface area contributed by atoms with Crippen molar-refractivity contribution in [1.82, 2.24) is 34.1 Å². The van der Waals surface area contributed by atoms with Crippen LogP contribution in [0.2, 0.25) is 5.15 Å². The number of anilines is 1. The number of aromatic nitrogens is 4. The first-order valence-electron chi connectivity index (χ1n) is 12.5. The molecular formula is C24H27ClFN9OS2. The number of alkyl halides is 1. The Morgan fingerprint density at radius 1 is 1.26 bits per heavy atom. The predicted molar refractivity (Wildman–Crippen MR) is 145 cm³/mol. The molecule has 38 heavy (non-hydrogen) atoms. The molecule has 3 aromatic rings. The highest BCUT2D eigenvalue weighted by atomic mass is 35.5. The molecule has 2 aliphatic carbocycles. The third kappa shape index (κ3) is 4.47. The SMILES string of the molecule is CN(C)C(=O)N1CCN(c2cc(SNC3(CF)CC3)cn3c(-c4nnc(C5(C#N)CC5)s4)nc(Cl)c23)CC1. The summed E-state index contributed by atoms with van der Waals surface area (Å²) in [6, 6.07) is 4.41. The van der Waals surface area contributed by atoms with Gasteiger partial charge in [-0.15, -0.1) is 10.2 Å². The number of carbonyl (C=O) groups is 1. The molecule has 0 bridgehead atoms. The second kappa shape index (κ2) is 9.51. The minimum absolute atomic E-state index is 0.00759. The summed E-state index contributed by atoms with van der Waals surface area (Å²) in [5, 5.41) is 19.9. The van der Waals surface area contributed by atoms with Crippen LogP contribution in [0.1, 0.15) is 30.7 Å². The average Bonchev–Trinajstić information content (AvgIpc) is 3.83. The number of carbonyl (C=O) groups excluding carboxylic acids is 1. The lowest BCUT2D eigenvalue weighted by molar-refractivity contribution is 0.168. The molecule has 6 rings (SSSR count). The highest BCUT2D eigenvalue weighted by Gasteiger charge is 2.48. The molecule has 0 atom stereocenters. The number of imidazole rings is 1. The van der Waals surface area contributed by atoms with Crippen molar-refractivity contribution in [2.75, 3.05) is 51.8 Å². The number of nitrogens with zero attached hydrogens (tertiary/aromatic N) is 8. The minimum Gasteiger partial charge on any atom is -0.366 e. The first kappa shape index (κ1) is 25.6. The van der Waals surface area contributed by atoms with E-state index in [4.69, 9.17) is 11.6 Å². The summed E-state index contributed by atoms with van der Waals surface area (Å²) < 4.78 is 18.8. The lowest BCUT2D eigenvalue weighted by atomic mass is 10.1. The van der Waals surface area contributed by atoms with Gasteiger partial charge >= 0.3 is 6.03 Å². The second-order valence-corrected chi connectivity index (χ2v) is 12.6. The maximum absolute atomic E-state index is 13.6. The molecule has 3 aromatic heterocycles. The van der Waals surface area contributed by atoms with Gasteiger partial charge < -0.3 is 14.7 Å². The van der Waals surface area contributed by atoms with E-state index < -0.39 is 17.6 Å². The van der Waals surface area contributed by atoms with Crippen LogP contribution in [-0.4, -0.2) is 87.9 Å². The topological polar surface area (TPSA) is 106 Å². The van der Waals surface area contributed by atoms with E-state index >= 15 is 0 Å². The van der Waals surface area contributed by atoms with Gasteiger partial charge in [0.05, 0.1) is 17.3 Å². The summed E-state index contributed by atoms with van der Waals surface area (Å²) in [6.45, 7) is 2.02. The molecule has 10 nitrogen and oxygen atoms in total. The Bertz CT molecular complexity index is 1430. The van der Waals surface area contributed by atoms with Crippen molar-refractivity contribution in [2.24, 2.45) is 0 Å². The van der Waals surface area contributed by atoms with Crippen molar-refractivity contribution in [3.05, 3.63) is 22.4 Å². The molecular weight excluding hydrogens is 549 g/mol. The summed E-state index contributed by atoms with van der Waals surface area (Å²) in [5.74, 6) is 0.555. The van der Waals surface area contributed by atoms with Gasteiger partial charge in [0, 0.05) is 51.4 Å². The molecule has 1 saturated heterocycles. The molecule has 0 aromatic carbocycles. The number of pyridine rings is 1.